The predicted molar refractivity (Wildman–Crippen MR) is 48.9 cm³/mol. The van der Waals surface area contributed by atoms with Crippen LogP contribution < -0.4 is 0 Å². The molecule has 1 aromatic carbocycles. The largest absolute Gasteiger partial charge is 0.507 e. The Balaban J connectivity index is 3.26. The van der Waals surface area contributed by atoms with Crippen LogP contribution in [-0.2, 0) is 4.74 Å². The van der Waals surface area contributed by atoms with Crippen molar-refractivity contribution in [1.82, 2.24) is 0 Å². The van der Waals surface area contributed by atoms with Gasteiger partial charge in [-0.25, -0.2) is 4.79 Å². The molecule has 1 aromatic rings. The van der Waals surface area contributed by atoms with Gasteiger partial charge in [0.1, 0.15) is 11.3 Å². The number of carbonyl (C=O) groups excluding carboxylic acids is 1. The smallest absolute Gasteiger partial charge is 0.341 e. The fourth-order valence-electron chi connectivity index (χ4n) is 1.08. The summed E-state index contributed by atoms with van der Waals surface area (Å²) in [7, 11) is 1.29. The Morgan fingerprint density at radius 3 is 2.54 bits per heavy atom. The Kier molecular flexibility index (Phi) is 2.56. The van der Waals surface area contributed by atoms with Gasteiger partial charge in [0.2, 0.25) is 0 Å². The van der Waals surface area contributed by atoms with E-state index in [2.05, 4.69) is 4.74 Å². The number of rotatable bonds is 1. The number of hydrogen-bond donors (Lipinski definition) is 1. The zero-order valence-corrected chi connectivity index (χ0v) is 7.92. The van der Waals surface area contributed by atoms with Crippen molar-refractivity contribution in [2.45, 2.75) is 13.8 Å². The molecule has 0 spiro atoms. The number of methoxy groups -OCH3 is 1. The lowest BCUT2D eigenvalue weighted by Gasteiger charge is -2.07. The summed E-state index contributed by atoms with van der Waals surface area (Å²) >= 11 is 0. The molecular weight excluding hydrogens is 168 g/mol. The Morgan fingerprint density at radius 2 is 2.00 bits per heavy atom. The first-order valence-corrected chi connectivity index (χ1v) is 3.95. The summed E-state index contributed by atoms with van der Waals surface area (Å²) in [5.74, 6) is -0.507. The molecule has 1 N–H and O–H groups in total. The van der Waals surface area contributed by atoms with E-state index in [9.17, 15) is 9.90 Å². The number of aryl methyl sites for hydroxylation is 1. The van der Waals surface area contributed by atoms with E-state index in [0.29, 0.717) is 5.56 Å². The van der Waals surface area contributed by atoms with Gasteiger partial charge in [0.05, 0.1) is 7.11 Å². The Labute approximate surface area is 77.0 Å². The van der Waals surface area contributed by atoms with Crippen molar-refractivity contribution in [1.29, 1.82) is 0 Å². The van der Waals surface area contributed by atoms with Crippen LogP contribution in [0.2, 0.25) is 0 Å². The highest BCUT2D eigenvalue weighted by atomic mass is 16.5. The molecule has 0 aliphatic carbocycles. The van der Waals surface area contributed by atoms with E-state index in [-0.39, 0.29) is 11.3 Å². The first kappa shape index (κ1) is 9.58. The van der Waals surface area contributed by atoms with Gasteiger partial charge in [-0.05, 0) is 31.0 Å². The van der Waals surface area contributed by atoms with Gasteiger partial charge in [-0.15, -0.1) is 0 Å². The van der Waals surface area contributed by atoms with Gasteiger partial charge in [0, 0.05) is 0 Å². The number of phenolic OH excluding ortho intramolecular Hbond substituents is 1. The number of aromatic hydroxyl groups is 1. The van der Waals surface area contributed by atoms with E-state index < -0.39 is 5.97 Å². The Bertz CT molecular complexity index is 342. The van der Waals surface area contributed by atoms with Crippen LogP contribution in [0.1, 0.15) is 21.5 Å². The molecule has 3 nitrogen and oxygen atoms in total. The summed E-state index contributed by atoms with van der Waals surface area (Å²) in [6.45, 7) is 3.63. The molecule has 0 saturated heterocycles. The maximum Gasteiger partial charge on any atom is 0.341 e. The maximum absolute atomic E-state index is 11.1. The minimum absolute atomic E-state index is 0.00634. The lowest BCUT2D eigenvalue weighted by atomic mass is 10.0. The summed E-state index contributed by atoms with van der Waals surface area (Å²) in [6, 6.07) is 3.34. The maximum atomic E-state index is 11.1. The van der Waals surface area contributed by atoms with Crippen LogP contribution in [0.15, 0.2) is 12.1 Å². The summed E-state index contributed by atoms with van der Waals surface area (Å²) in [4.78, 5) is 11.1. The monoisotopic (exact) mass is 180 g/mol. The Morgan fingerprint density at radius 1 is 1.38 bits per heavy atom. The van der Waals surface area contributed by atoms with E-state index in [1.807, 2.05) is 6.92 Å². The molecule has 0 amide bonds. The van der Waals surface area contributed by atoms with Crippen molar-refractivity contribution in [3.05, 3.63) is 28.8 Å². The number of ether oxygens (including phenoxy) is 1. The second-order valence-electron chi connectivity index (χ2n) is 2.90. The Hall–Kier alpha value is -1.51. The predicted octanol–water partition coefficient (Wildman–Crippen LogP) is 1.80. The summed E-state index contributed by atoms with van der Waals surface area (Å²) in [5.41, 5.74) is 1.87. The summed E-state index contributed by atoms with van der Waals surface area (Å²) < 4.78 is 4.51. The molecule has 0 aromatic heterocycles. The van der Waals surface area contributed by atoms with Gasteiger partial charge in [-0.1, -0.05) is 6.07 Å². The van der Waals surface area contributed by atoms with E-state index in [1.165, 1.54) is 7.11 Å². The first-order valence-electron chi connectivity index (χ1n) is 3.95. The molecule has 3 heteroatoms. The van der Waals surface area contributed by atoms with Gasteiger partial charge < -0.3 is 9.84 Å². The van der Waals surface area contributed by atoms with E-state index in [1.54, 1.807) is 19.1 Å². The van der Waals surface area contributed by atoms with Gasteiger partial charge >= 0.3 is 5.97 Å². The second kappa shape index (κ2) is 3.47. The fourth-order valence-corrected chi connectivity index (χ4v) is 1.08. The van der Waals surface area contributed by atoms with Crippen molar-refractivity contribution in [3.8, 4) is 5.75 Å². The highest BCUT2D eigenvalue weighted by Gasteiger charge is 2.13. The van der Waals surface area contributed by atoms with Crippen molar-refractivity contribution >= 4 is 5.97 Å². The van der Waals surface area contributed by atoms with Gasteiger partial charge in [0.15, 0.2) is 0 Å². The molecule has 0 radical (unpaired) electrons. The second-order valence-corrected chi connectivity index (χ2v) is 2.90. The highest BCUT2D eigenvalue weighted by Crippen LogP contribution is 2.25. The van der Waals surface area contributed by atoms with Gasteiger partial charge in [-0.3, -0.25) is 0 Å². The molecule has 0 aliphatic heterocycles. The van der Waals surface area contributed by atoms with E-state index in [4.69, 9.17) is 0 Å². The molecule has 0 fully saturated rings. The number of benzene rings is 1. The molecule has 1 rings (SSSR count). The van der Waals surface area contributed by atoms with Crippen molar-refractivity contribution in [2.75, 3.05) is 7.11 Å². The summed E-state index contributed by atoms with van der Waals surface area (Å²) in [5, 5.41) is 9.58. The topological polar surface area (TPSA) is 46.5 Å². The van der Waals surface area contributed by atoms with Crippen LogP contribution in [0, 0.1) is 13.8 Å². The zero-order valence-electron chi connectivity index (χ0n) is 7.92. The van der Waals surface area contributed by atoms with E-state index >= 15 is 0 Å². The normalized spacial score (nSPS) is 9.77. The quantitative estimate of drug-likeness (QED) is 0.670. The van der Waals surface area contributed by atoms with E-state index in [0.717, 1.165) is 5.56 Å². The average molecular weight is 180 g/mol. The fraction of sp³-hybridized carbons (Fsp3) is 0.300. The molecule has 0 atom stereocenters. The first-order chi connectivity index (χ1) is 6.07. The molecule has 0 heterocycles. The van der Waals surface area contributed by atoms with Crippen LogP contribution in [0.5, 0.6) is 5.75 Å². The highest BCUT2D eigenvalue weighted by molar-refractivity contribution is 5.92. The molecule has 13 heavy (non-hydrogen) atoms. The molecule has 0 bridgehead atoms. The standard InChI is InChI=1S/C10H12O3/c1-6-4-5-8(10(12)13-3)9(11)7(6)2/h4-5,11H,1-3H3. The van der Waals surface area contributed by atoms with Crippen LogP contribution in [0.4, 0.5) is 0 Å². The van der Waals surface area contributed by atoms with Crippen molar-refractivity contribution in [2.24, 2.45) is 0 Å². The van der Waals surface area contributed by atoms with Crippen LogP contribution in [-0.4, -0.2) is 18.2 Å². The SMILES string of the molecule is COC(=O)c1ccc(C)c(C)c1O. The minimum Gasteiger partial charge on any atom is -0.507 e. The van der Waals surface area contributed by atoms with Gasteiger partial charge in [0.25, 0.3) is 0 Å². The van der Waals surface area contributed by atoms with Crippen LogP contribution in [0.3, 0.4) is 0 Å². The lowest BCUT2D eigenvalue weighted by Crippen LogP contribution is -2.02. The zero-order chi connectivity index (χ0) is 10.0. The minimum atomic E-state index is -0.513. The molecule has 70 valence electrons. The van der Waals surface area contributed by atoms with Gasteiger partial charge in [-0.2, -0.15) is 0 Å². The number of esters is 1. The molecule has 0 unspecified atom stereocenters. The van der Waals surface area contributed by atoms with Crippen LogP contribution >= 0.6 is 0 Å². The number of phenols is 1. The third-order valence-corrected chi connectivity index (χ3v) is 2.11. The average Bonchev–Trinajstić information content (AvgIpc) is 2.13. The molecule has 0 aliphatic rings. The third kappa shape index (κ3) is 1.64. The van der Waals surface area contributed by atoms with Crippen molar-refractivity contribution < 1.29 is 14.6 Å². The third-order valence-electron chi connectivity index (χ3n) is 2.11. The number of hydrogen-bond acceptors (Lipinski definition) is 3. The lowest BCUT2D eigenvalue weighted by molar-refractivity contribution is 0.0597. The molecular formula is C10H12O3. The van der Waals surface area contributed by atoms with Crippen LogP contribution in [0.25, 0.3) is 0 Å². The van der Waals surface area contributed by atoms with Crippen molar-refractivity contribution in [3.63, 3.8) is 0 Å². The number of carbonyl (C=O) groups is 1. The molecule has 0 saturated carbocycles. The summed E-state index contributed by atoms with van der Waals surface area (Å²) in [6.07, 6.45) is 0.